The van der Waals surface area contributed by atoms with Gasteiger partial charge >= 0.3 is 0 Å². The molecule has 118 valence electrons. The summed E-state index contributed by atoms with van der Waals surface area (Å²) < 4.78 is 0. The highest BCUT2D eigenvalue weighted by atomic mass is 14.8. The molecular weight excluding hydrogens is 298 g/mol. The fourth-order valence-corrected chi connectivity index (χ4v) is 2.30. The van der Waals surface area contributed by atoms with E-state index in [1.807, 2.05) is 54.6 Å². The Labute approximate surface area is 140 Å². The number of nitrogens with two attached hydrogens (primary N) is 2. The molecule has 0 fully saturated rings. The maximum Gasteiger partial charge on any atom is 0.0865 e. The second-order valence-electron chi connectivity index (χ2n) is 5.22. The van der Waals surface area contributed by atoms with Crippen LogP contribution in [0.4, 0.5) is 22.7 Å². The lowest BCUT2D eigenvalue weighted by atomic mass is 10.0. The summed E-state index contributed by atoms with van der Waals surface area (Å²) >= 11 is 0. The molecule has 24 heavy (non-hydrogen) atoms. The zero-order valence-electron chi connectivity index (χ0n) is 13.1. The summed E-state index contributed by atoms with van der Waals surface area (Å²) in [7, 11) is 0. The molecule has 1 heterocycles. The van der Waals surface area contributed by atoms with E-state index in [1.54, 1.807) is 12.4 Å². The van der Waals surface area contributed by atoms with E-state index < -0.39 is 0 Å². The molecule has 5 heteroatoms. The van der Waals surface area contributed by atoms with Crippen LogP contribution in [0.2, 0.25) is 0 Å². The Balaban J connectivity index is 1.95. The van der Waals surface area contributed by atoms with Crippen molar-refractivity contribution >= 4 is 35.7 Å². The Morgan fingerprint density at radius 1 is 0.875 bits per heavy atom. The van der Waals surface area contributed by atoms with Crippen LogP contribution in [-0.2, 0) is 0 Å². The van der Waals surface area contributed by atoms with Gasteiger partial charge in [-0.1, -0.05) is 18.2 Å². The van der Waals surface area contributed by atoms with E-state index in [0.29, 0.717) is 22.7 Å². The van der Waals surface area contributed by atoms with Gasteiger partial charge in [0.15, 0.2) is 0 Å². The first kappa shape index (κ1) is 15.4. The molecule has 0 aliphatic rings. The highest BCUT2D eigenvalue weighted by molar-refractivity contribution is 5.84. The SMILES string of the molecule is C=Nc1ccc(-c2ccc(N)c(/N=C/c3ccccn3)c2)cc1N. The number of nitrogens with zero attached hydrogens (tertiary/aromatic N) is 3. The summed E-state index contributed by atoms with van der Waals surface area (Å²) in [6, 6.07) is 17.0. The van der Waals surface area contributed by atoms with E-state index in [1.165, 1.54) is 0 Å². The van der Waals surface area contributed by atoms with Crippen LogP contribution in [0, 0.1) is 0 Å². The predicted molar refractivity (Wildman–Crippen MR) is 101 cm³/mol. The smallest absolute Gasteiger partial charge is 0.0865 e. The number of rotatable bonds is 4. The van der Waals surface area contributed by atoms with E-state index in [-0.39, 0.29) is 0 Å². The van der Waals surface area contributed by atoms with Crippen molar-refractivity contribution in [1.29, 1.82) is 0 Å². The van der Waals surface area contributed by atoms with Crippen LogP contribution in [0.1, 0.15) is 5.69 Å². The second kappa shape index (κ2) is 6.75. The summed E-state index contributed by atoms with van der Waals surface area (Å²) in [5.74, 6) is 0. The number of hydrogen-bond donors (Lipinski definition) is 2. The van der Waals surface area contributed by atoms with Crippen LogP contribution in [-0.4, -0.2) is 17.9 Å². The van der Waals surface area contributed by atoms with Gasteiger partial charge in [0.1, 0.15) is 0 Å². The first-order valence-corrected chi connectivity index (χ1v) is 7.38. The topological polar surface area (TPSA) is 89.6 Å². The predicted octanol–water partition coefficient (Wildman–Crippen LogP) is 4.00. The maximum absolute atomic E-state index is 6.03. The van der Waals surface area contributed by atoms with Gasteiger partial charge in [-0.3, -0.25) is 15.0 Å². The summed E-state index contributed by atoms with van der Waals surface area (Å²) in [5, 5.41) is 0. The normalized spacial score (nSPS) is 10.8. The Kier molecular flexibility index (Phi) is 4.34. The van der Waals surface area contributed by atoms with Crippen molar-refractivity contribution in [1.82, 2.24) is 4.98 Å². The second-order valence-corrected chi connectivity index (χ2v) is 5.22. The van der Waals surface area contributed by atoms with Crippen LogP contribution in [0.5, 0.6) is 0 Å². The zero-order chi connectivity index (χ0) is 16.9. The van der Waals surface area contributed by atoms with Gasteiger partial charge in [-0.25, -0.2) is 0 Å². The molecule has 0 atom stereocenters. The fraction of sp³-hybridized carbons (Fsp3) is 0. The van der Waals surface area contributed by atoms with Gasteiger partial charge in [0.05, 0.1) is 34.7 Å². The Hall–Kier alpha value is -3.47. The third-order valence-corrected chi connectivity index (χ3v) is 3.59. The molecule has 0 saturated heterocycles. The Morgan fingerprint density at radius 3 is 2.38 bits per heavy atom. The lowest BCUT2D eigenvalue weighted by molar-refractivity contribution is 1.30. The largest absolute Gasteiger partial charge is 0.397 e. The summed E-state index contributed by atoms with van der Waals surface area (Å²) in [6.45, 7) is 3.50. The van der Waals surface area contributed by atoms with Gasteiger partial charge in [0.2, 0.25) is 0 Å². The number of anilines is 2. The van der Waals surface area contributed by atoms with Crippen molar-refractivity contribution in [3.8, 4) is 11.1 Å². The Morgan fingerprint density at radius 2 is 1.67 bits per heavy atom. The first-order valence-electron chi connectivity index (χ1n) is 7.38. The van der Waals surface area contributed by atoms with Crippen LogP contribution in [0.15, 0.2) is 70.8 Å². The standard InChI is InChI=1S/C19H17N5/c1-22-18-8-6-13(10-17(18)21)14-5-7-16(20)19(11-14)24-12-15-4-2-3-9-23-15/h2-12H,1,20-21H2/b24-12+. The molecule has 1 aromatic heterocycles. The molecule has 3 aromatic rings. The molecule has 0 radical (unpaired) electrons. The van der Waals surface area contributed by atoms with Gasteiger partial charge in [0, 0.05) is 6.20 Å². The van der Waals surface area contributed by atoms with Gasteiger partial charge in [0.25, 0.3) is 0 Å². The molecule has 0 spiro atoms. The van der Waals surface area contributed by atoms with Crippen molar-refractivity contribution in [2.24, 2.45) is 9.98 Å². The van der Waals surface area contributed by atoms with E-state index in [2.05, 4.69) is 21.7 Å². The molecule has 2 aromatic carbocycles. The van der Waals surface area contributed by atoms with Crippen molar-refractivity contribution in [3.63, 3.8) is 0 Å². The van der Waals surface area contributed by atoms with E-state index >= 15 is 0 Å². The number of aromatic nitrogens is 1. The minimum Gasteiger partial charge on any atom is -0.397 e. The van der Waals surface area contributed by atoms with E-state index in [0.717, 1.165) is 16.8 Å². The number of benzene rings is 2. The summed E-state index contributed by atoms with van der Waals surface area (Å²) in [5.41, 5.74) is 17.2. The average Bonchev–Trinajstić information content (AvgIpc) is 2.62. The fourth-order valence-electron chi connectivity index (χ4n) is 2.30. The molecular formula is C19H17N5. The maximum atomic E-state index is 6.03. The highest BCUT2D eigenvalue weighted by Gasteiger charge is 2.05. The third-order valence-electron chi connectivity index (χ3n) is 3.59. The number of hydrogen-bond acceptors (Lipinski definition) is 5. The quantitative estimate of drug-likeness (QED) is 0.563. The van der Waals surface area contributed by atoms with E-state index in [4.69, 9.17) is 11.5 Å². The number of pyridine rings is 1. The van der Waals surface area contributed by atoms with Gasteiger partial charge in [-0.05, 0) is 54.2 Å². The minimum atomic E-state index is 0.581. The number of aliphatic imine (C=N–C) groups is 2. The van der Waals surface area contributed by atoms with Crippen LogP contribution >= 0.6 is 0 Å². The molecule has 0 saturated carbocycles. The average molecular weight is 315 g/mol. The molecule has 0 aliphatic carbocycles. The van der Waals surface area contributed by atoms with Crippen LogP contribution in [0.3, 0.4) is 0 Å². The zero-order valence-corrected chi connectivity index (χ0v) is 13.1. The van der Waals surface area contributed by atoms with Crippen molar-refractivity contribution in [2.75, 3.05) is 11.5 Å². The summed E-state index contributed by atoms with van der Waals surface area (Å²) in [6.07, 6.45) is 3.41. The third kappa shape index (κ3) is 3.30. The molecule has 0 amide bonds. The molecule has 0 unspecified atom stereocenters. The van der Waals surface area contributed by atoms with Crippen molar-refractivity contribution in [3.05, 3.63) is 66.5 Å². The Bertz CT molecular complexity index is 901. The van der Waals surface area contributed by atoms with Crippen molar-refractivity contribution < 1.29 is 0 Å². The van der Waals surface area contributed by atoms with Crippen LogP contribution < -0.4 is 11.5 Å². The molecule has 0 bridgehead atoms. The molecule has 4 N–H and O–H groups in total. The lowest BCUT2D eigenvalue weighted by Crippen LogP contribution is -1.90. The van der Waals surface area contributed by atoms with Gasteiger partial charge in [-0.15, -0.1) is 0 Å². The summed E-state index contributed by atoms with van der Waals surface area (Å²) in [4.78, 5) is 12.5. The van der Waals surface area contributed by atoms with Gasteiger partial charge in [-0.2, -0.15) is 0 Å². The van der Waals surface area contributed by atoms with Crippen LogP contribution in [0.25, 0.3) is 11.1 Å². The monoisotopic (exact) mass is 315 g/mol. The minimum absolute atomic E-state index is 0.581. The van der Waals surface area contributed by atoms with Gasteiger partial charge < -0.3 is 11.5 Å². The molecule has 0 aliphatic heterocycles. The molecule has 3 rings (SSSR count). The lowest BCUT2D eigenvalue weighted by Gasteiger charge is -2.08. The van der Waals surface area contributed by atoms with Crippen molar-refractivity contribution in [2.45, 2.75) is 0 Å². The molecule has 5 nitrogen and oxygen atoms in total. The highest BCUT2D eigenvalue weighted by Crippen LogP contribution is 2.32. The first-order chi connectivity index (χ1) is 11.7. The number of nitrogen functional groups attached to an aromatic ring is 2. The van der Waals surface area contributed by atoms with E-state index in [9.17, 15) is 0 Å².